The molecule has 8 nitrogen and oxygen atoms in total. The van der Waals surface area contributed by atoms with E-state index >= 15 is 0 Å². The highest BCUT2D eigenvalue weighted by Crippen LogP contribution is 2.39. The van der Waals surface area contributed by atoms with Gasteiger partial charge in [0.15, 0.2) is 5.82 Å². The number of nitriles is 1. The van der Waals surface area contributed by atoms with Crippen LogP contribution >= 0.6 is 11.3 Å². The van der Waals surface area contributed by atoms with Crippen LogP contribution in [0.4, 0.5) is 0 Å². The van der Waals surface area contributed by atoms with E-state index in [0.29, 0.717) is 22.9 Å². The fraction of sp³-hybridized carbons (Fsp3) is 0.222. The minimum atomic E-state index is -1.01. The van der Waals surface area contributed by atoms with Crippen LogP contribution < -0.4 is 0 Å². The first-order valence-electron chi connectivity index (χ1n) is 11.5. The predicted octanol–water partition coefficient (Wildman–Crippen LogP) is 4.78. The summed E-state index contributed by atoms with van der Waals surface area (Å²) in [5, 5.41) is 28.4. The third kappa shape index (κ3) is 4.00. The second-order valence-corrected chi connectivity index (χ2v) is 9.58. The average Bonchev–Trinajstić information content (AvgIpc) is 3.43. The summed E-state index contributed by atoms with van der Waals surface area (Å²) < 4.78 is 7.44. The summed E-state index contributed by atoms with van der Waals surface area (Å²) in [4.78, 5) is 18.3. The van der Waals surface area contributed by atoms with E-state index in [9.17, 15) is 15.2 Å². The second-order valence-electron chi connectivity index (χ2n) is 8.37. The summed E-state index contributed by atoms with van der Waals surface area (Å²) in [6.45, 7) is 5.47. The number of carbonyl (C=O) groups is 1. The minimum absolute atomic E-state index is 0.193. The molecule has 0 radical (unpaired) electrons. The van der Waals surface area contributed by atoms with Gasteiger partial charge in [-0.05, 0) is 42.7 Å². The predicted molar refractivity (Wildman–Crippen MR) is 136 cm³/mol. The Morgan fingerprint density at radius 3 is 2.58 bits per heavy atom. The number of carbonyl (C=O) groups excluding carboxylic acids is 1. The van der Waals surface area contributed by atoms with Crippen LogP contribution in [0, 0.1) is 25.2 Å². The van der Waals surface area contributed by atoms with Crippen LogP contribution in [0.5, 0.6) is 0 Å². The molecule has 2 aromatic heterocycles. The van der Waals surface area contributed by atoms with Gasteiger partial charge in [0.05, 0.1) is 17.3 Å². The number of aliphatic hydroxyl groups excluding tert-OH is 1. The van der Waals surface area contributed by atoms with Crippen molar-refractivity contribution in [3.63, 3.8) is 0 Å². The lowest BCUT2D eigenvalue weighted by atomic mass is 9.97. The quantitative estimate of drug-likeness (QED) is 0.397. The van der Waals surface area contributed by atoms with Gasteiger partial charge in [0.2, 0.25) is 5.82 Å². The maximum Gasteiger partial charge on any atom is 0.307 e. The summed E-state index contributed by atoms with van der Waals surface area (Å²) in [7, 11) is 0. The molecule has 5 rings (SSSR count). The number of esters is 1. The van der Waals surface area contributed by atoms with Crippen molar-refractivity contribution in [3.05, 3.63) is 87.3 Å². The van der Waals surface area contributed by atoms with E-state index in [1.54, 1.807) is 28.9 Å². The summed E-state index contributed by atoms with van der Waals surface area (Å²) >= 11 is 1.56. The van der Waals surface area contributed by atoms with Gasteiger partial charge in [0.1, 0.15) is 11.6 Å². The standard InChI is InChI=1S/C27H23N5O3S/c1-4-22(34)35-26-25-31-30-21(14-33)32(25)27-23(15(2)16(3)36-27)24(29-26)19-10-8-18(9-11-19)20-7-5-6-17(12-20)13-28/h5-12,26,33H,4,14H2,1-3H3/t26-/m0/s1. The van der Waals surface area contributed by atoms with Crippen LogP contribution in [0.1, 0.15) is 58.4 Å². The summed E-state index contributed by atoms with van der Waals surface area (Å²) in [5.74, 6) is 0.298. The maximum absolute atomic E-state index is 12.3. The van der Waals surface area contributed by atoms with E-state index in [2.05, 4.69) is 16.3 Å². The molecule has 3 heterocycles. The number of aliphatic hydroxyl groups is 1. The highest BCUT2D eigenvalue weighted by Gasteiger charge is 2.33. The Labute approximate surface area is 212 Å². The van der Waals surface area contributed by atoms with Crippen molar-refractivity contribution in [1.82, 2.24) is 14.8 Å². The van der Waals surface area contributed by atoms with Crippen LogP contribution in [0.3, 0.4) is 0 Å². The zero-order valence-electron chi connectivity index (χ0n) is 20.0. The molecule has 0 fully saturated rings. The molecule has 1 atom stereocenters. The number of ether oxygens (including phenoxy) is 1. The molecule has 0 amide bonds. The van der Waals surface area contributed by atoms with Crippen molar-refractivity contribution in [2.45, 2.75) is 40.0 Å². The number of hydrogen-bond acceptors (Lipinski definition) is 8. The molecule has 1 aliphatic rings. The van der Waals surface area contributed by atoms with Crippen molar-refractivity contribution in [2.24, 2.45) is 4.99 Å². The number of benzene rings is 2. The number of hydrogen-bond donors (Lipinski definition) is 1. The monoisotopic (exact) mass is 497 g/mol. The van der Waals surface area contributed by atoms with Crippen LogP contribution in [-0.2, 0) is 16.1 Å². The van der Waals surface area contributed by atoms with Crippen LogP contribution in [0.15, 0.2) is 53.5 Å². The molecule has 0 bridgehead atoms. The SMILES string of the molecule is CCC(=O)O[C@@H]1N=C(c2ccc(-c3cccc(C#N)c3)cc2)c2c(sc(C)c2C)-n2c(CO)nnc21. The number of aliphatic imine (C=N–C) groups is 1. The zero-order chi connectivity index (χ0) is 25.4. The fourth-order valence-corrected chi connectivity index (χ4v) is 5.38. The van der Waals surface area contributed by atoms with Crippen molar-refractivity contribution in [2.75, 3.05) is 0 Å². The maximum atomic E-state index is 12.3. The number of nitrogens with zero attached hydrogens (tertiary/aromatic N) is 5. The lowest BCUT2D eigenvalue weighted by molar-refractivity contribution is -0.149. The van der Waals surface area contributed by atoms with Crippen molar-refractivity contribution >= 4 is 23.0 Å². The first-order valence-corrected chi connectivity index (χ1v) is 12.3. The van der Waals surface area contributed by atoms with Gasteiger partial charge in [0, 0.05) is 22.4 Å². The van der Waals surface area contributed by atoms with Gasteiger partial charge in [-0.3, -0.25) is 9.36 Å². The molecule has 0 saturated heterocycles. The van der Waals surface area contributed by atoms with Gasteiger partial charge < -0.3 is 9.84 Å². The first kappa shape index (κ1) is 23.6. The summed E-state index contributed by atoms with van der Waals surface area (Å²) in [6, 6.07) is 17.6. The lowest BCUT2D eigenvalue weighted by Crippen LogP contribution is -2.14. The smallest absolute Gasteiger partial charge is 0.307 e. The molecule has 0 unspecified atom stereocenters. The third-order valence-corrected chi connectivity index (χ3v) is 7.38. The highest BCUT2D eigenvalue weighted by atomic mass is 32.1. The van der Waals surface area contributed by atoms with E-state index in [-0.39, 0.29) is 13.0 Å². The van der Waals surface area contributed by atoms with E-state index in [1.165, 1.54) is 0 Å². The Morgan fingerprint density at radius 1 is 1.14 bits per heavy atom. The third-order valence-electron chi connectivity index (χ3n) is 6.19. The number of aryl methyl sites for hydroxylation is 1. The molecule has 36 heavy (non-hydrogen) atoms. The Bertz CT molecular complexity index is 1540. The normalized spacial score (nSPS) is 14.3. The minimum Gasteiger partial charge on any atom is -0.432 e. The zero-order valence-corrected chi connectivity index (χ0v) is 20.8. The van der Waals surface area contributed by atoms with Crippen molar-refractivity contribution in [1.29, 1.82) is 5.26 Å². The molecule has 0 saturated carbocycles. The van der Waals surface area contributed by atoms with Crippen LogP contribution in [-0.4, -0.2) is 31.6 Å². The van der Waals surface area contributed by atoms with Gasteiger partial charge in [-0.25, -0.2) is 4.99 Å². The molecular formula is C27H23N5O3S. The van der Waals surface area contributed by atoms with E-state index in [4.69, 9.17) is 9.73 Å². The first-order chi connectivity index (χ1) is 17.4. The summed E-state index contributed by atoms with van der Waals surface area (Å²) in [5.41, 5.74) is 5.97. The molecule has 1 N–H and O–H groups in total. The number of fused-ring (bicyclic) bond motifs is 3. The van der Waals surface area contributed by atoms with Crippen LogP contribution in [0.2, 0.25) is 0 Å². The largest absolute Gasteiger partial charge is 0.432 e. The Kier molecular flexibility index (Phi) is 6.22. The Hall–Kier alpha value is -4.13. The molecule has 1 aliphatic heterocycles. The summed E-state index contributed by atoms with van der Waals surface area (Å²) in [6.07, 6.45) is -0.815. The van der Waals surface area contributed by atoms with Gasteiger partial charge >= 0.3 is 5.97 Å². The van der Waals surface area contributed by atoms with Gasteiger partial charge in [0.25, 0.3) is 6.23 Å². The molecule has 4 aromatic rings. The van der Waals surface area contributed by atoms with Crippen molar-refractivity contribution in [3.8, 4) is 22.2 Å². The van der Waals surface area contributed by atoms with E-state index < -0.39 is 12.2 Å². The lowest BCUT2D eigenvalue weighted by Gasteiger charge is -2.13. The number of thiophene rings is 1. The number of aromatic nitrogens is 3. The molecule has 180 valence electrons. The average molecular weight is 498 g/mol. The molecule has 9 heteroatoms. The van der Waals surface area contributed by atoms with Crippen molar-refractivity contribution < 1.29 is 14.6 Å². The number of rotatable bonds is 5. The molecule has 0 aliphatic carbocycles. The van der Waals surface area contributed by atoms with Gasteiger partial charge in [-0.1, -0.05) is 43.3 Å². The van der Waals surface area contributed by atoms with Gasteiger partial charge in [-0.2, -0.15) is 5.26 Å². The Balaban J connectivity index is 1.68. The van der Waals surface area contributed by atoms with Crippen LogP contribution in [0.25, 0.3) is 16.1 Å². The molecule has 2 aromatic carbocycles. The molecule has 0 spiro atoms. The fourth-order valence-electron chi connectivity index (χ4n) is 4.19. The van der Waals surface area contributed by atoms with E-state index in [0.717, 1.165) is 37.7 Å². The Morgan fingerprint density at radius 2 is 1.89 bits per heavy atom. The highest BCUT2D eigenvalue weighted by molar-refractivity contribution is 7.15. The topological polar surface area (TPSA) is 113 Å². The van der Waals surface area contributed by atoms with E-state index in [1.807, 2.05) is 56.3 Å². The molecular weight excluding hydrogens is 474 g/mol. The second kappa shape index (κ2) is 9.49. The van der Waals surface area contributed by atoms with Gasteiger partial charge in [-0.15, -0.1) is 21.5 Å².